The lowest BCUT2D eigenvalue weighted by atomic mass is 9.80. The van der Waals surface area contributed by atoms with Crippen molar-refractivity contribution in [2.24, 2.45) is 0 Å². The lowest BCUT2D eigenvalue weighted by Gasteiger charge is -2.24. The van der Waals surface area contributed by atoms with Gasteiger partial charge in [0.05, 0.1) is 18.1 Å². The minimum Gasteiger partial charge on any atom is -0.507 e. The van der Waals surface area contributed by atoms with Gasteiger partial charge in [-0.1, -0.05) is 42.5 Å². The van der Waals surface area contributed by atoms with Crippen molar-refractivity contribution in [1.29, 1.82) is 0 Å². The minimum atomic E-state index is -0.530. The second-order valence-electron chi connectivity index (χ2n) is 7.76. The van der Waals surface area contributed by atoms with Gasteiger partial charge in [0.15, 0.2) is 0 Å². The van der Waals surface area contributed by atoms with Crippen LogP contribution in [0.3, 0.4) is 0 Å². The number of benzene rings is 2. The van der Waals surface area contributed by atoms with Gasteiger partial charge in [-0.3, -0.25) is 9.78 Å². The summed E-state index contributed by atoms with van der Waals surface area (Å²) in [6.45, 7) is 2.57. The van der Waals surface area contributed by atoms with E-state index in [0.29, 0.717) is 34.8 Å². The monoisotopic (exact) mass is 416 g/mol. The van der Waals surface area contributed by atoms with Crippen LogP contribution in [-0.2, 0) is 11.3 Å². The topological polar surface area (TPSA) is 98.3 Å². The number of nitrogens with one attached hydrogen (secondary N) is 2. The number of hydrogen-bond donors (Lipinski definition) is 3. The molecule has 0 amide bonds. The number of H-pyrrole nitrogens is 1. The molecule has 1 aliphatic carbocycles. The summed E-state index contributed by atoms with van der Waals surface area (Å²) in [4.78, 5) is 31.6. The summed E-state index contributed by atoms with van der Waals surface area (Å²) in [7, 11) is 1.56. The number of allylic oxidation sites excluding steroid dienone is 1. The van der Waals surface area contributed by atoms with Crippen LogP contribution in [0.15, 0.2) is 63.7 Å². The largest absolute Gasteiger partial charge is 0.507 e. The van der Waals surface area contributed by atoms with Gasteiger partial charge in [0, 0.05) is 18.2 Å². The smallest absolute Gasteiger partial charge is 0.415 e. The number of methoxy groups -OCH3 is 1. The zero-order valence-electron chi connectivity index (χ0n) is 17.2. The Morgan fingerprint density at radius 1 is 1.10 bits per heavy atom. The molecule has 0 fully saturated rings. The molecule has 0 saturated heterocycles. The Labute approximate surface area is 178 Å². The molecule has 2 heterocycles. The van der Waals surface area contributed by atoms with E-state index >= 15 is 0 Å². The number of fused-ring (bicyclic) bond motifs is 4. The van der Waals surface area contributed by atoms with Gasteiger partial charge in [-0.05, 0) is 24.1 Å². The molecule has 31 heavy (non-hydrogen) atoms. The maximum atomic E-state index is 13.1. The number of aromatic nitrogens is 2. The molecule has 1 unspecified atom stereocenters. The van der Waals surface area contributed by atoms with Crippen molar-refractivity contribution in [1.82, 2.24) is 9.55 Å². The standard InChI is InChI=1S/C24H21N3O4/c1-13-7-3-4-8-14(13)17-18-20(15-9-5-6-10-16(15)21(18)28)25-22-19(17)23(29)26-24(30)27(22)11-12-31-2/h3-10,17,28H,11-12H2,1-2H3,(H,26,29,30)/p+1. The summed E-state index contributed by atoms with van der Waals surface area (Å²) in [5.41, 5.74) is 4.23. The van der Waals surface area contributed by atoms with E-state index in [0.717, 1.165) is 16.7 Å². The molecule has 1 aromatic heterocycles. The quantitative estimate of drug-likeness (QED) is 0.594. The molecule has 2 aromatic carbocycles. The predicted molar refractivity (Wildman–Crippen MR) is 117 cm³/mol. The third-order valence-electron chi connectivity index (χ3n) is 6.05. The molecular formula is C24H22N3O4+. The van der Waals surface area contributed by atoms with Crippen LogP contribution in [0.2, 0.25) is 0 Å². The third-order valence-corrected chi connectivity index (χ3v) is 6.05. The number of ether oxygens (including phenoxy) is 1. The molecule has 7 heteroatoms. The normalized spacial score (nSPS) is 16.6. The summed E-state index contributed by atoms with van der Waals surface area (Å²) in [6.07, 6.45) is 0. The van der Waals surface area contributed by atoms with Crippen LogP contribution in [0.4, 0.5) is 5.82 Å². The van der Waals surface area contributed by atoms with E-state index in [1.165, 1.54) is 4.57 Å². The lowest BCUT2D eigenvalue weighted by Crippen LogP contribution is -2.72. The SMILES string of the molecule is COCCn1c2c(c(=O)[nH]c1=O)C(c1ccccc1C)C1=C(O)c3ccccc3C1=[NH+]2. The van der Waals surface area contributed by atoms with Gasteiger partial charge in [-0.15, -0.1) is 0 Å². The van der Waals surface area contributed by atoms with Crippen molar-refractivity contribution < 1.29 is 14.8 Å². The molecule has 0 spiro atoms. The molecule has 0 radical (unpaired) electrons. The molecule has 156 valence electrons. The van der Waals surface area contributed by atoms with Gasteiger partial charge in [0.25, 0.3) is 11.4 Å². The highest BCUT2D eigenvalue weighted by molar-refractivity contribution is 6.21. The minimum absolute atomic E-state index is 0.144. The highest BCUT2D eigenvalue weighted by Gasteiger charge is 2.44. The molecule has 1 atom stereocenters. The van der Waals surface area contributed by atoms with Crippen molar-refractivity contribution in [3.63, 3.8) is 0 Å². The number of nitrogens with zero attached hydrogens (tertiary/aromatic N) is 1. The van der Waals surface area contributed by atoms with Crippen LogP contribution >= 0.6 is 0 Å². The van der Waals surface area contributed by atoms with Crippen LogP contribution in [0, 0.1) is 6.92 Å². The van der Waals surface area contributed by atoms with E-state index in [-0.39, 0.29) is 12.3 Å². The predicted octanol–water partition coefficient (Wildman–Crippen LogP) is 1.12. The first kappa shape index (κ1) is 19.3. The Kier molecular flexibility index (Phi) is 4.48. The zero-order chi connectivity index (χ0) is 21.7. The van der Waals surface area contributed by atoms with Crippen molar-refractivity contribution in [3.05, 3.63) is 103 Å². The van der Waals surface area contributed by atoms with Crippen molar-refractivity contribution >= 4 is 17.3 Å². The third kappa shape index (κ3) is 2.81. The van der Waals surface area contributed by atoms with E-state index in [9.17, 15) is 14.7 Å². The van der Waals surface area contributed by atoms with Crippen molar-refractivity contribution in [3.8, 4) is 0 Å². The molecule has 0 bridgehead atoms. The molecule has 1 aliphatic heterocycles. The van der Waals surface area contributed by atoms with Crippen LogP contribution in [0.5, 0.6) is 0 Å². The summed E-state index contributed by atoms with van der Waals surface area (Å²) < 4.78 is 6.67. The van der Waals surface area contributed by atoms with Gasteiger partial charge in [-0.25, -0.2) is 9.79 Å². The maximum absolute atomic E-state index is 13.1. The molecule has 5 rings (SSSR count). The molecule has 2 aliphatic rings. The average Bonchev–Trinajstić information content (AvgIpc) is 3.05. The molecular weight excluding hydrogens is 394 g/mol. The van der Waals surface area contributed by atoms with Gasteiger partial charge in [0.2, 0.25) is 0 Å². The zero-order valence-corrected chi connectivity index (χ0v) is 17.2. The highest BCUT2D eigenvalue weighted by atomic mass is 16.5. The number of aliphatic hydroxyl groups excluding tert-OH is 1. The Morgan fingerprint density at radius 3 is 2.55 bits per heavy atom. The summed E-state index contributed by atoms with van der Waals surface area (Å²) in [5.74, 6) is 0.0475. The fourth-order valence-electron chi connectivity index (χ4n) is 4.60. The summed E-state index contributed by atoms with van der Waals surface area (Å²) in [6, 6.07) is 15.3. The van der Waals surface area contributed by atoms with E-state index in [2.05, 4.69) is 9.98 Å². The fraction of sp³-hybridized carbons (Fsp3) is 0.208. The Morgan fingerprint density at radius 2 is 1.81 bits per heavy atom. The number of rotatable bonds is 4. The molecule has 3 N–H and O–H groups in total. The Bertz CT molecular complexity index is 1390. The first-order valence-electron chi connectivity index (χ1n) is 10.1. The highest BCUT2D eigenvalue weighted by Crippen LogP contribution is 2.44. The molecule has 7 nitrogen and oxygen atoms in total. The van der Waals surface area contributed by atoms with Gasteiger partial charge >= 0.3 is 5.69 Å². The molecule has 3 aromatic rings. The molecule has 0 saturated carbocycles. The van der Waals surface area contributed by atoms with E-state index in [1.807, 2.05) is 55.5 Å². The Balaban J connectivity index is 1.90. The van der Waals surface area contributed by atoms with Crippen molar-refractivity contribution in [2.45, 2.75) is 19.4 Å². The summed E-state index contributed by atoms with van der Waals surface area (Å²) >= 11 is 0. The van der Waals surface area contributed by atoms with Crippen LogP contribution in [0.1, 0.15) is 33.7 Å². The van der Waals surface area contributed by atoms with Crippen LogP contribution < -0.4 is 16.2 Å². The fourth-order valence-corrected chi connectivity index (χ4v) is 4.60. The number of hydrogen-bond acceptors (Lipinski definition) is 4. The number of aryl methyl sites for hydroxylation is 1. The van der Waals surface area contributed by atoms with E-state index in [4.69, 9.17) is 4.74 Å². The Hall–Kier alpha value is -3.71. The van der Waals surface area contributed by atoms with E-state index in [1.54, 1.807) is 7.11 Å². The second-order valence-corrected chi connectivity index (χ2v) is 7.76. The van der Waals surface area contributed by atoms with Gasteiger partial charge in [0.1, 0.15) is 23.6 Å². The maximum Gasteiger partial charge on any atom is 0.415 e. The van der Waals surface area contributed by atoms with Gasteiger partial charge in [-0.2, -0.15) is 4.57 Å². The van der Waals surface area contributed by atoms with E-state index < -0.39 is 17.2 Å². The first-order valence-corrected chi connectivity index (χ1v) is 10.1. The van der Waals surface area contributed by atoms with Crippen LogP contribution in [0.25, 0.3) is 5.76 Å². The van der Waals surface area contributed by atoms with Crippen LogP contribution in [-0.4, -0.2) is 34.1 Å². The lowest BCUT2D eigenvalue weighted by molar-refractivity contribution is -0.364. The average molecular weight is 416 g/mol. The van der Waals surface area contributed by atoms with Gasteiger partial charge < -0.3 is 9.84 Å². The number of aliphatic hydroxyl groups is 1. The summed E-state index contributed by atoms with van der Waals surface area (Å²) in [5, 5.41) is 11.2. The van der Waals surface area contributed by atoms with Crippen molar-refractivity contribution in [2.75, 3.05) is 13.7 Å². The first-order chi connectivity index (χ1) is 15.0. The second kappa shape index (κ2) is 7.21. The number of aromatic amines is 1.